The number of anilines is 1. The number of esters is 1. The lowest BCUT2D eigenvalue weighted by Gasteiger charge is -1.98. The fourth-order valence-corrected chi connectivity index (χ4v) is 1.73. The maximum atomic E-state index is 11.4. The molecule has 0 unspecified atom stereocenters. The number of hydrogen-bond acceptors (Lipinski definition) is 6. The molecule has 0 spiro atoms. The fraction of sp³-hybridized carbons (Fsp3) is 0.333. The van der Waals surface area contributed by atoms with E-state index in [4.69, 9.17) is 16.2 Å². The van der Waals surface area contributed by atoms with Gasteiger partial charge in [0.15, 0.2) is 10.8 Å². The number of carbonyl (C=O) groups is 1. The third kappa shape index (κ3) is 3.03. The predicted octanol–water partition coefficient (Wildman–Crippen LogP) is 0.874. The second-order valence-electron chi connectivity index (χ2n) is 2.62. The first-order valence-corrected chi connectivity index (χ1v) is 5.30. The Bertz CT molecular complexity index is 373. The average Bonchev–Trinajstić information content (AvgIpc) is 2.57. The zero-order valence-corrected chi connectivity index (χ0v) is 9.21. The Balaban J connectivity index is 2.95. The van der Waals surface area contributed by atoms with Crippen LogP contribution < -0.4 is 11.5 Å². The number of rotatable bonds is 4. The van der Waals surface area contributed by atoms with Crippen LogP contribution in [0.25, 0.3) is 6.08 Å². The van der Waals surface area contributed by atoms with Gasteiger partial charge in [0.1, 0.15) is 0 Å². The Morgan fingerprint density at radius 1 is 1.67 bits per heavy atom. The van der Waals surface area contributed by atoms with E-state index in [1.54, 1.807) is 19.1 Å². The van der Waals surface area contributed by atoms with Gasteiger partial charge in [0.25, 0.3) is 0 Å². The highest BCUT2D eigenvalue weighted by atomic mass is 32.1. The summed E-state index contributed by atoms with van der Waals surface area (Å²) in [6, 6.07) is 0. The van der Waals surface area contributed by atoms with Crippen molar-refractivity contribution in [3.63, 3.8) is 0 Å². The maximum Gasteiger partial charge on any atom is 0.358 e. The van der Waals surface area contributed by atoms with Gasteiger partial charge in [-0.25, -0.2) is 9.78 Å². The molecule has 1 aromatic rings. The molecule has 5 nitrogen and oxygen atoms in total. The molecule has 0 aromatic carbocycles. The Morgan fingerprint density at radius 3 is 3.00 bits per heavy atom. The van der Waals surface area contributed by atoms with Crippen LogP contribution in [0, 0.1) is 0 Å². The lowest BCUT2D eigenvalue weighted by atomic mass is 10.3. The topological polar surface area (TPSA) is 91.2 Å². The minimum absolute atomic E-state index is 0.254. The second-order valence-corrected chi connectivity index (χ2v) is 3.69. The molecule has 0 fully saturated rings. The minimum atomic E-state index is -0.456. The van der Waals surface area contributed by atoms with Gasteiger partial charge in [0.2, 0.25) is 0 Å². The summed E-state index contributed by atoms with van der Waals surface area (Å²) in [5.41, 5.74) is 11.1. The lowest BCUT2D eigenvalue weighted by molar-refractivity contribution is 0.0520. The van der Waals surface area contributed by atoms with Crippen LogP contribution in [0.15, 0.2) is 6.08 Å². The molecular formula is C9H13N3O2S. The molecule has 0 saturated carbocycles. The molecule has 0 saturated heterocycles. The third-order valence-electron chi connectivity index (χ3n) is 1.54. The van der Waals surface area contributed by atoms with E-state index in [9.17, 15) is 4.79 Å². The molecule has 0 radical (unpaired) electrons. The van der Waals surface area contributed by atoms with Crippen LogP contribution >= 0.6 is 11.3 Å². The van der Waals surface area contributed by atoms with E-state index in [1.165, 1.54) is 11.3 Å². The van der Waals surface area contributed by atoms with Gasteiger partial charge in [-0.2, -0.15) is 0 Å². The zero-order chi connectivity index (χ0) is 11.3. The molecule has 6 heteroatoms. The lowest BCUT2D eigenvalue weighted by Crippen LogP contribution is -2.06. The quantitative estimate of drug-likeness (QED) is 0.745. The largest absolute Gasteiger partial charge is 0.461 e. The summed E-state index contributed by atoms with van der Waals surface area (Å²) in [4.78, 5) is 16.0. The molecule has 0 bridgehead atoms. The molecule has 15 heavy (non-hydrogen) atoms. The van der Waals surface area contributed by atoms with Crippen LogP contribution in [0.2, 0.25) is 0 Å². The molecule has 82 valence electrons. The third-order valence-corrected chi connectivity index (χ3v) is 2.39. The van der Waals surface area contributed by atoms with Crippen molar-refractivity contribution in [2.24, 2.45) is 5.73 Å². The van der Waals surface area contributed by atoms with E-state index in [0.29, 0.717) is 23.2 Å². The summed E-state index contributed by atoms with van der Waals surface area (Å²) in [5, 5.41) is 0.342. The molecule has 0 amide bonds. The van der Waals surface area contributed by atoms with Gasteiger partial charge in [-0.3, -0.25) is 0 Å². The first-order valence-electron chi connectivity index (χ1n) is 4.49. The van der Waals surface area contributed by atoms with Gasteiger partial charge in [0.05, 0.1) is 11.5 Å². The number of aromatic nitrogens is 1. The number of hydrogen-bond donors (Lipinski definition) is 2. The van der Waals surface area contributed by atoms with Crippen molar-refractivity contribution in [2.45, 2.75) is 6.92 Å². The first-order chi connectivity index (χ1) is 7.19. The maximum absolute atomic E-state index is 11.4. The van der Waals surface area contributed by atoms with Crippen LogP contribution in [0.1, 0.15) is 22.3 Å². The molecule has 0 aliphatic carbocycles. The number of nitrogens with two attached hydrogens (primary N) is 2. The van der Waals surface area contributed by atoms with E-state index < -0.39 is 5.97 Å². The first kappa shape index (κ1) is 11.7. The standard InChI is InChI=1S/C9H13N3O2S/c1-2-14-8(13)7-6(4-3-5-10)15-9(11)12-7/h3-4H,2,5,10H2,1H3,(H2,11,12). The number of nitrogen functional groups attached to an aromatic ring is 1. The van der Waals surface area contributed by atoms with Gasteiger partial charge >= 0.3 is 5.97 Å². The van der Waals surface area contributed by atoms with Crippen molar-refractivity contribution in [3.8, 4) is 0 Å². The van der Waals surface area contributed by atoms with Crippen molar-refractivity contribution in [1.82, 2.24) is 4.98 Å². The van der Waals surface area contributed by atoms with Crippen LogP contribution in [-0.2, 0) is 4.74 Å². The number of ether oxygens (including phenoxy) is 1. The molecule has 1 aromatic heterocycles. The monoisotopic (exact) mass is 227 g/mol. The molecular weight excluding hydrogens is 214 g/mol. The van der Waals surface area contributed by atoms with Crippen LogP contribution in [0.4, 0.5) is 5.13 Å². The Labute approximate surface area is 91.7 Å². The number of thiazole rings is 1. The van der Waals surface area contributed by atoms with Gasteiger partial charge < -0.3 is 16.2 Å². The summed E-state index contributed by atoms with van der Waals surface area (Å²) in [7, 11) is 0. The van der Waals surface area contributed by atoms with Gasteiger partial charge in [-0.1, -0.05) is 17.4 Å². The smallest absolute Gasteiger partial charge is 0.358 e. The molecule has 0 atom stereocenters. The minimum Gasteiger partial charge on any atom is -0.461 e. The van der Waals surface area contributed by atoms with Crippen molar-refractivity contribution < 1.29 is 9.53 Å². The van der Waals surface area contributed by atoms with E-state index in [0.717, 1.165) is 0 Å². The van der Waals surface area contributed by atoms with Crippen LogP contribution in [0.5, 0.6) is 0 Å². The average molecular weight is 227 g/mol. The molecule has 0 aliphatic rings. The summed E-state index contributed by atoms with van der Waals surface area (Å²) in [6.07, 6.45) is 3.45. The summed E-state index contributed by atoms with van der Waals surface area (Å²) in [5.74, 6) is -0.456. The van der Waals surface area contributed by atoms with E-state index in [2.05, 4.69) is 4.98 Å². The van der Waals surface area contributed by atoms with Gasteiger partial charge in [-0.15, -0.1) is 0 Å². The van der Waals surface area contributed by atoms with E-state index >= 15 is 0 Å². The fourth-order valence-electron chi connectivity index (χ4n) is 0.983. The Hall–Kier alpha value is -1.40. The highest BCUT2D eigenvalue weighted by Gasteiger charge is 2.16. The van der Waals surface area contributed by atoms with E-state index in [-0.39, 0.29) is 5.69 Å². The molecule has 1 heterocycles. The second kappa shape index (κ2) is 5.47. The van der Waals surface area contributed by atoms with Gasteiger partial charge in [0, 0.05) is 6.54 Å². The molecule has 4 N–H and O–H groups in total. The van der Waals surface area contributed by atoms with Crippen molar-refractivity contribution >= 4 is 28.5 Å². The molecule has 1 rings (SSSR count). The van der Waals surface area contributed by atoms with Crippen LogP contribution in [-0.4, -0.2) is 24.1 Å². The highest BCUT2D eigenvalue weighted by Crippen LogP contribution is 2.22. The normalized spacial score (nSPS) is 10.8. The van der Waals surface area contributed by atoms with Crippen molar-refractivity contribution in [3.05, 3.63) is 16.6 Å². The van der Waals surface area contributed by atoms with Gasteiger partial charge in [-0.05, 0) is 13.0 Å². The summed E-state index contributed by atoms with van der Waals surface area (Å²) in [6.45, 7) is 2.46. The summed E-state index contributed by atoms with van der Waals surface area (Å²) < 4.78 is 4.85. The SMILES string of the molecule is CCOC(=O)c1nc(N)sc1C=CCN. The molecule has 0 aliphatic heterocycles. The Morgan fingerprint density at radius 2 is 2.40 bits per heavy atom. The van der Waals surface area contributed by atoms with Crippen molar-refractivity contribution in [2.75, 3.05) is 18.9 Å². The summed E-state index contributed by atoms with van der Waals surface area (Å²) >= 11 is 1.23. The highest BCUT2D eigenvalue weighted by molar-refractivity contribution is 7.16. The van der Waals surface area contributed by atoms with Crippen LogP contribution in [0.3, 0.4) is 0 Å². The van der Waals surface area contributed by atoms with E-state index in [1.807, 2.05) is 0 Å². The Kier molecular flexibility index (Phi) is 4.26. The number of carbonyl (C=O) groups excluding carboxylic acids is 1. The zero-order valence-electron chi connectivity index (χ0n) is 8.40. The number of nitrogens with zero attached hydrogens (tertiary/aromatic N) is 1. The predicted molar refractivity (Wildman–Crippen MR) is 60.6 cm³/mol. The van der Waals surface area contributed by atoms with Crippen molar-refractivity contribution in [1.29, 1.82) is 0 Å².